The van der Waals surface area contributed by atoms with E-state index in [9.17, 15) is 9.50 Å². The summed E-state index contributed by atoms with van der Waals surface area (Å²) >= 11 is 0. The van der Waals surface area contributed by atoms with Crippen LogP contribution in [0.5, 0.6) is 5.75 Å². The Morgan fingerprint density at radius 3 is 2.76 bits per heavy atom. The molecule has 1 aromatic carbocycles. The van der Waals surface area contributed by atoms with Crippen molar-refractivity contribution in [1.82, 2.24) is 40.0 Å². The van der Waals surface area contributed by atoms with Crippen molar-refractivity contribution in [3.63, 3.8) is 0 Å². The molecule has 6 rings (SSSR count). The van der Waals surface area contributed by atoms with Crippen LogP contribution in [-0.4, -0.2) is 72.3 Å². The van der Waals surface area contributed by atoms with Gasteiger partial charge in [-0.15, -0.1) is 0 Å². The fraction of sp³-hybridized carbons (Fsp3) is 0.148. The van der Waals surface area contributed by atoms with Crippen molar-refractivity contribution in [1.29, 1.82) is 0 Å². The molecule has 0 fully saturated rings. The topological polar surface area (TPSA) is 132 Å². The van der Waals surface area contributed by atoms with E-state index < -0.39 is 0 Å². The Bertz CT molecular complexity index is 1780. The fourth-order valence-corrected chi connectivity index (χ4v) is 4.33. The zero-order valence-corrected chi connectivity index (χ0v) is 20.7. The molecule has 0 saturated carbocycles. The normalized spacial score (nSPS) is 11.6. The number of nitrogens with one attached hydrogen (secondary N) is 3. The van der Waals surface area contributed by atoms with Gasteiger partial charge in [0.05, 0.1) is 22.9 Å². The average molecular weight is 510 g/mol. The monoisotopic (exact) mass is 509 g/mol. The highest BCUT2D eigenvalue weighted by Gasteiger charge is 2.18. The van der Waals surface area contributed by atoms with Gasteiger partial charge in [-0.05, 0) is 62.1 Å². The number of hydrogen-bond donors (Lipinski definition) is 4. The van der Waals surface area contributed by atoms with Gasteiger partial charge < -0.3 is 20.3 Å². The molecule has 38 heavy (non-hydrogen) atoms. The van der Waals surface area contributed by atoms with Crippen LogP contribution in [0.25, 0.3) is 56.1 Å². The van der Waals surface area contributed by atoms with E-state index in [2.05, 4.69) is 40.3 Å². The molecule has 0 atom stereocenters. The van der Waals surface area contributed by atoms with Crippen LogP contribution in [0.2, 0.25) is 0 Å². The van der Waals surface area contributed by atoms with Gasteiger partial charge in [-0.25, -0.2) is 19.3 Å². The van der Waals surface area contributed by atoms with E-state index in [4.69, 9.17) is 4.98 Å². The lowest BCUT2D eigenvalue weighted by Crippen LogP contribution is -2.20. The lowest BCUT2D eigenvalue weighted by atomic mass is 10.0. The molecule has 0 saturated heterocycles. The van der Waals surface area contributed by atoms with Gasteiger partial charge in [-0.3, -0.25) is 10.1 Å². The molecule has 0 aliphatic heterocycles. The van der Waals surface area contributed by atoms with Gasteiger partial charge in [0.15, 0.2) is 17.2 Å². The quantitative estimate of drug-likeness (QED) is 0.248. The van der Waals surface area contributed by atoms with E-state index in [1.165, 1.54) is 18.3 Å². The second-order valence-electron chi connectivity index (χ2n) is 9.20. The zero-order chi connectivity index (χ0) is 26.2. The van der Waals surface area contributed by atoms with Crippen LogP contribution in [-0.2, 0) is 0 Å². The van der Waals surface area contributed by atoms with E-state index in [1.54, 1.807) is 18.5 Å². The molecule has 5 aromatic heterocycles. The number of aromatic hydroxyl groups is 1. The first-order valence-corrected chi connectivity index (χ1v) is 12.0. The number of fused-ring (bicyclic) bond motifs is 2. The summed E-state index contributed by atoms with van der Waals surface area (Å²) in [5, 5.41) is 20.5. The predicted octanol–water partition coefficient (Wildman–Crippen LogP) is 4.44. The highest BCUT2D eigenvalue weighted by Crippen LogP contribution is 2.32. The summed E-state index contributed by atoms with van der Waals surface area (Å²) in [5.41, 5.74) is 6.46. The molecule has 6 aromatic rings. The second kappa shape index (κ2) is 9.52. The minimum atomic E-state index is -0.337. The summed E-state index contributed by atoms with van der Waals surface area (Å²) < 4.78 is 14.6. The van der Waals surface area contributed by atoms with Crippen LogP contribution in [0.4, 0.5) is 10.1 Å². The van der Waals surface area contributed by atoms with Gasteiger partial charge in [-0.2, -0.15) is 5.10 Å². The Morgan fingerprint density at radius 1 is 1.03 bits per heavy atom. The van der Waals surface area contributed by atoms with Crippen molar-refractivity contribution in [2.24, 2.45) is 0 Å². The highest BCUT2D eigenvalue weighted by atomic mass is 19.1. The van der Waals surface area contributed by atoms with Crippen molar-refractivity contribution >= 4 is 27.9 Å². The predicted molar refractivity (Wildman–Crippen MR) is 144 cm³/mol. The van der Waals surface area contributed by atoms with Gasteiger partial charge in [0.1, 0.15) is 17.1 Å². The van der Waals surface area contributed by atoms with E-state index >= 15 is 0 Å². The summed E-state index contributed by atoms with van der Waals surface area (Å²) in [6, 6.07) is 12.0. The minimum Gasteiger partial charge on any atom is -0.506 e. The lowest BCUT2D eigenvalue weighted by molar-refractivity contribution is 0.425. The zero-order valence-electron chi connectivity index (χ0n) is 20.7. The Kier molecular flexibility index (Phi) is 5.89. The third-order valence-corrected chi connectivity index (χ3v) is 6.14. The van der Waals surface area contributed by atoms with Gasteiger partial charge >= 0.3 is 0 Å². The van der Waals surface area contributed by atoms with Crippen LogP contribution >= 0.6 is 0 Å². The summed E-state index contributed by atoms with van der Waals surface area (Å²) in [7, 11) is 3.98. The number of aromatic amines is 2. The number of hydrogen-bond acceptors (Lipinski definition) is 8. The third kappa shape index (κ3) is 4.50. The number of nitrogens with zero attached hydrogens (tertiary/aromatic N) is 6. The number of halogens is 1. The average Bonchev–Trinajstić information content (AvgIpc) is 3.51. The molecule has 0 aliphatic rings. The summed E-state index contributed by atoms with van der Waals surface area (Å²) in [6.45, 7) is 1.51. The maximum absolute atomic E-state index is 14.6. The van der Waals surface area contributed by atoms with E-state index in [0.717, 1.165) is 17.6 Å². The number of pyridine rings is 3. The summed E-state index contributed by atoms with van der Waals surface area (Å²) in [5.74, 6) is 0.197. The van der Waals surface area contributed by atoms with Gasteiger partial charge in [0.25, 0.3) is 0 Å². The smallest absolute Gasteiger partial charge is 0.178 e. The number of likely N-dealkylation sites (N-methyl/N-ethyl adjacent to an activating group) is 1. The standard InChI is InChI=1S/C27H24FN9O/c1-37(2)8-7-30-18-10-15(9-17(28)12-18)20-5-6-31-26-23(20)33-27(34-26)25-24-22(35-36-25)4-3-21(32-24)16-11-19(38)14-29-13-16/h3-6,9-14,30,38H,7-8H2,1-2H3,(H,35,36)(H,31,33,34). The second-order valence-corrected chi connectivity index (χ2v) is 9.20. The van der Waals surface area contributed by atoms with Crippen LogP contribution in [0, 0.1) is 5.82 Å². The Hall–Kier alpha value is -4.90. The highest BCUT2D eigenvalue weighted by molar-refractivity contribution is 5.95. The molecule has 11 heteroatoms. The molecule has 10 nitrogen and oxygen atoms in total. The molecule has 0 aliphatic carbocycles. The first-order valence-electron chi connectivity index (χ1n) is 12.0. The van der Waals surface area contributed by atoms with E-state index in [1.807, 2.05) is 38.4 Å². The summed E-state index contributed by atoms with van der Waals surface area (Å²) in [6.07, 6.45) is 4.65. The number of imidazole rings is 1. The van der Waals surface area contributed by atoms with Gasteiger partial charge in [-0.1, -0.05) is 0 Å². The van der Waals surface area contributed by atoms with E-state index in [0.29, 0.717) is 57.3 Å². The van der Waals surface area contributed by atoms with Crippen LogP contribution in [0.1, 0.15) is 0 Å². The van der Waals surface area contributed by atoms with Crippen molar-refractivity contribution in [3.05, 3.63) is 66.9 Å². The van der Waals surface area contributed by atoms with Gasteiger partial charge in [0, 0.05) is 42.3 Å². The largest absolute Gasteiger partial charge is 0.506 e. The molecular weight excluding hydrogens is 485 g/mol. The lowest BCUT2D eigenvalue weighted by Gasteiger charge is -2.13. The SMILES string of the molecule is CN(C)CCNc1cc(F)cc(-c2ccnc3nc(-c4n[nH]c5ccc(-c6cncc(O)c6)nc45)[nH]c23)c1. The van der Waals surface area contributed by atoms with Crippen molar-refractivity contribution in [2.45, 2.75) is 0 Å². The Morgan fingerprint density at radius 2 is 1.92 bits per heavy atom. The molecule has 5 heterocycles. The molecular formula is C27H24FN9O. The van der Waals surface area contributed by atoms with Crippen LogP contribution < -0.4 is 5.32 Å². The molecule has 0 spiro atoms. The Balaban J connectivity index is 1.40. The van der Waals surface area contributed by atoms with Crippen molar-refractivity contribution in [2.75, 3.05) is 32.5 Å². The van der Waals surface area contributed by atoms with Crippen molar-refractivity contribution < 1.29 is 9.50 Å². The number of aromatic nitrogens is 7. The number of H-pyrrole nitrogens is 2. The molecule has 0 bridgehead atoms. The van der Waals surface area contributed by atoms with E-state index in [-0.39, 0.29) is 11.6 Å². The fourth-order valence-electron chi connectivity index (χ4n) is 4.33. The van der Waals surface area contributed by atoms with Gasteiger partial charge in [0.2, 0.25) is 0 Å². The minimum absolute atomic E-state index is 0.0566. The Labute approximate surface area is 216 Å². The third-order valence-electron chi connectivity index (χ3n) is 6.14. The first-order chi connectivity index (χ1) is 18.4. The number of benzene rings is 1. The molecule has 190 valence electrons. The molecule has 4 N–H and O–H groups in total. The molecule has 0 radical (unpaired) electrons. The summed E-state index contributed by atoms with van der Waals surface area (Å²) in [4.78, 5) is 23.3. The molecule has 0 unspecified atom stereocenters. The number of anilines is 1. The maximum atomic E-state index is 14.6. The first kappa shape index (κ1) is 23.5. The number of rotatable bonds is 7. The van der Waals surface area contributed by atoms with Crippen LogP contribution in [0.3, 0.4) is 0 Å². The maximum Gasteiger partial charge on any atom is 0.178 e. The van der Waals surface area contributed by atoms with Crippen LogP contribution in [0.15, 0.2) is 61.1 Å². The van der Waals surface area contributed by atoms with Crippen molar-refractivity contribution in [3.8, 4) is 39.7 Å². The molecule has 0 amide bonds.